The van der Waals surface area contributed by atoms with Gasteiger partial charge in [-0.1, -0.05) is 67.6 Å². The predicted octanol–water partition coefficient (Wildman–Crippen LogP) is 5.71. The Bertz CT molecular complexity index is 889. The highest BCUT2D eigenvalue weighted by Gasteiger charge is 2.46. The number of hydrogen-bond donors (Lipinski definition) is 0. The molecular formula is C24H23BrO3. The quantitative estimate of drug-likeness (QED) is 0.573. The summed E-state index contributed by atoms with van der Waals surface area (Å²) in [4.78, 5) is 13.5. The average molecular weight is 439 g/mol. The van der Waals surface area contributed by atoms with Gasteiger partial charge in [-0.15, -0.1) is 0 Å². The molecule has 1 fully saturated rings. The van der Waals surface area contributed by atoms with Crippen molar-refractivity contribution in [3.8, 4) is 0 Å². The van der Waals surface area contributed by atoms with Crippen LogP contribution in [0.3, 0.4) is 0 Å². The van der Waals surface area contributed by atoms with Crippen LogP contribution in [0.5, 0.6) is 0 Å². The van der Waals surface area contributed by atoms with Gasteiger partial charge in [0, 0.05) is 36.0 Å². The molecule has 0 bridgehead atoms. The normalized spacial score (nSPS) is 24.2. The fourth-order valence-electron chi connectivity index (χ4n) is 4.06. The lowest BCUT2D eigenvalue weighted by Crippen LogP contribution is -2.28. The second-order valence-electron chi connectivity index (χ2n) is 7.16. The van der Waals surface area contributed by atoms with E-state index in [2.05, 4.69) is 15.9 Å². The Balaban J connectivity index is 1.94. The third-order valence-corrected chi connectivity index (χ3v) is 6.26. The molecule has 1 aliphatic carbocycles. The largest absolute Gasteiger partial charge is 0.468 e. The summed E-state index contributed by atoms with van der Waals surface area (Å²) in [5.41, 5.74) is 3.65. The zero-order valence-corrected chi connectivity index (χ0v) is 17.6. The van der Waals surface area contributed by atoms with Gasteiger partial charge in [0.2, 0.25) is 0 Å². The van der Waals surface area contributed by atoms with Crippen molar-refractivity contribution < 1.29 is 14.3 Å². The van der Waals surface area contributed by atoms with Crippen molar-refractivity contribution in [2.45, 2.75) is 26.6 Å². The second kappa shape index (κ2) is 8.06. The van der Waals surface area contributed by atoms with Gasteiger partial charge in [0.25, 0.3) is 0 Å². The number of Topliss-reactive ketones (excluding diaryl/α,β-unsaturated/α-hetero) is 1. The van der Waals surface area contributed by atoms with E-state index >= 15 is 0 Å². The fourth-order valence-corrected chi connectivity index (χ4v) is 4.85. The zero-order chi connectivity index (χ0) is 19.7. The van der Waals surface area contributed by atoms with Gasteiger partial charge in [-0.3, -0.25) is 4.79 Å². The van der Waals surface area contributed by atoms with E-state index in [-0.39, 0.29) is 23.9 Å². The Labute approximate surface area is 174 Å². The first-order valence-electron chi connectivity index (χ1n) is 9.69. The minimum Gasteiger partial charge on any atom is -0.468 e. The molecule has 2 aliphatic rings. The monoisotopic (exact) mass is 438 g/mol. The van der Waals surface area contributed by atoms with Gasteiger partial charge in [0.05, 0.1) is 4.48 Å². The van der Waals surface area contributed by atoms with Crippen molar-refractivity contribution in [2.75, 3.05) is 6.61 Å². The molecule has 0 radical (unpaired) electrons. The van der Waals surface area contributed by atoms with Crippen molar-refractivity contribution in [3.63, 3.8) is 0 Å². The van der Waals surface area contributed by atoms with E-state index in [1.807, 2.05) is 74.5 Å². The van der Waals surface area contributed by atoms with E-state index in [1.165, 1.54) is 0 Å². The van der Waals surface area contributed by atoms with Gasteiger partial charge in [0.15, 0.2) is 12.1 Å². The summed E-state index contributed by atoms with van der Waals surface area (Å²) in [6.07, 6.45) is 0.425. The molecule has 2 aromatic rings. The summed E-state index contributed by atoms with van der Waals surface area (Å²) in [6, 6.07) is 20.1. The number of ketones is 1. The Morgan fingerprint density at radius 3 is 2.18 bits per heavy atom. The number of rotatable bonds is 4. The molecule has 1 heterocycles. The Kier molecular flexibility index (Phi) is 5.51. The summed E-state index contributed by atoms with van der Waals surface area (Å²) in [7, 11) is 0. The van der Waals surface area contributed by atoms with Crippen LogP contribution in [0.25, 0.3) is 5.57 Å². The van der Waals surface area contributed by atoms with Gasteiger partial charge >= 0.3 is 0 Å². The first-order valence-corrected chi connectivity index (χ1v) is 10.5. The van der Waals surface area contributed by atoms with E-state index < -0.39 is 0 Å². The molecule has 4 rings (SSSR count). The molecule has 1 saturated heterocycles. The maximum Gasteiger partial charge on any atom is 0.200 e. The molecule has 0 aromatic heterocycles. The molecule has 0 saturated carbocycles. The van der Waals surface area contributed by atoms with Gasteiger partial charge in [-0.05, 0) is 34.0 Å². The average Bonchev–Trinajstić information content (AvgIpc) is 3.15. The Hall–Kier alpha value is -2.17. The van der Waals surface area contributed by atoms with Crippen molar-refractivity contribution >= 4 is 27.3 Å². The zero-order valence-electron chi connectivity index (χ0n) is 16.0. The highest BCUT2D eigenvalue weighted by Crippen LogP contribution is 2.49. The minimum atomic E-state index is -0.288. The highest BCUT2D eigenvalue weighted by molar-refractivity contribution is 9.12. The van der Waals surface area contributed by atoms with Crippen molar-refractivity contribution in [2.24, 2.45) is 11.8 Å². The molecule has 2 aromatic carbocycles. The third-order valence-electron chi connectivity index (χ3n) is 5.47. The lowest BCUT2D eigenvalue weighted by atomic mass is 9.76. The van der Waals surface area contributed by atoms with Crippen LogP contribution >= 0.6 is 15.9 Å². The van der Waals surface area contributed by atoms with Crippen molar-refractivity contribution in [3.05, 3.63) is 87.6 Å². The number of ether oxygens (including phenoxy) is 2. The van der Waals surface area contributed by atoms with E-state index in [0.717, 1.165) is 26.9 Å². The van der Waals surface area contributed by atoms with E-state index in [1.54, 1.807) is 0 Å². The van der Waals surface area contributed by atoms with E-state index in [4.69, 9.17) is 9.47 Å². The van der Waals surface area contributed by atoms with Gasteiger partial charge in [-0.2, -0.15) is 0 Å². The smallest absolute Gasteiger partial charge is 0.200 e. The summed E-state index contributed by atoms with van der Waals surface area (Å²) >= 11 is 3.72. The number of benzene rings is 2. The van der Waals surface area contributed by atoms with Crippen LogP contribution in [-0.2, 0) is 14.3 Å². The number of hydrogen-bond acceptors (Lipinski definition) is 3. The standard InChI is InChI=1S/C24H23BrO3/c1-3-27-19-14-18-15(2)23(26)21(22(25)24(18)28-19)20(16-10-6-4-7-11-16)17-12-8-5-9-13-17/h4-13,15,18-19H,3,14H2,1-2H3/t15-,18-,19-/m1/s1. The summed E-state index contributed by atoms with van der Waals surface area (Å²) in [5, 5.41) is 0. The van der Waals surface area contributed by atoms with Gasteiger partial charge < -0.3 is 9.47 Å². The van der Waals surface area contributed by atoms with Crippen LogP contribution < -0.4 is 0 Å². The maximum atomic E-state index is 13.5. The van der Waals surface area contributed by atoms with Crippen molar-refractivity contribution in [1.29, 1.82) is 0 Å². The first kappa shape index (κ1) is 19.2. The molecule has 4 heteroatoms. The summed E-state index contributed by atoms with van der Waals surface area (Å²) < 4.78 is 12.6. The minimum absolute atomic E-state index is 0.0509. The maximum absolute atomic E-state index is 13.5. The van der Waals surface area contributed by atoms with Crippen LogP contribution in [0, 0.1) is 11.8 Å². The molecule has 144 valence electrons. The van der Waals surface area contributed by atoms with Crippen molar-refractivity contribution in [1.82, 2.24) is 0 Å². The van der Waals surface area contributed by atoms with Crippen LogP contribution in [0.4, 0.5) is 0 Å². The summed E-state index contributed by atoms with van der Waals surface area (Å²) in [6.45, 7) is 4.54. The fraction of sp³-hybridized carbons (Fsp3) is 0.292. The molecule has 1 aliphatic heterocycles. The Morgan fingerprint density at radius 2 is 1.64 bits per heavy atom. The molecule has 0 unspecified atom stereocenters. The van der Waals surface area contributed by atoms with Crippen LogP contribution in [0.2, 0.25) is 0 Å². The third kappa shape index (κ3) is 3.36. The second-order valence-corrected chi connectivity index (χ2v) is 7.95. The lowest BCUT2D eigenvalue weighted by Gasteiger charge is -2.28. The number of carbonyl (C=O) groups is 1. The lowest BCUT2D eigenvalue weighted by molar-refractivity contribution is -0.120. The van der Waals surface area contributed by atoms with Gasteiger partial charge in [-0.25, -0.2) is 0 Å². The SMILES string of the molecule is CCO[C@H]1C[C@H]2C(=C(Br)C(=C(c3ccccc3)c3ccccc3)C(=O)[C@@H]2C)O1. The first-order chi connectivity index (χ1) is 13.6. The number of fused-ring (bicyclic) bond motifs is 1. The number of carbonyl (C=O) groups excluding carboxylic acids is 1. The molecule has 28 heavy (non-hydrogen) atoms. The summed E-state index contributed by atoms with van der Waals surface area (Å²) in [5.74, 6) is 0.878. The van der Waals surface area contributed by atoms with Crippen LogP contribution in [-0.4, -0.2) is 18.7 Å². The Morgan fingerprint density at radius 1 is 1.07 bits per heavy atom. The van der Waals surface area contributed by atoms with E-state index in [0.29, 0.717) is 18.6 Å². The molecule has 3 atom stereocenters. The number of allylic oxidation sites excluding steroid dienone is 3. The highest BCUT2D eigenvalue weighted by atomic mass is 79.9. The topological polar surface area (TPSA) is 35.5 Å². The molecule has 0 amide bonds. The molecule has 3 nitrogen and oxygen atoms in total. The number of halogens is 1. The van der Waals surface area contributed by atoms with Gasteiger partial charge in [0.1, 0.15) is 5.76 Å². The van der Waals surface area contributed by atoms with Crippen LogP contribution in [0.1, 0.15) is 31.4 Å². The molecular weight excluding hydrogens is 416 g/mol. The van der Waals surface area contributed by atoms with E-state index in [9.17, 15) is 4.79 Å². The molecule has 0 spiro atoms. The molecule has 0 N–H and O–H groups in total. The van der Waals surface area contributed by atoms with Crippen LogP contribution in [0.15, 0.2) is 76.5 Å². The predicted molar refractivity (Wildman–Crippen MR) is 114 cm³/mol.